The van der Waals surface area contributed by atoms with E-state index in [9.17, 15) is 0 Å². The second-order valence-corrected chi connectivity index (χ2v) is 7.56. The molecule has 0 spiro atoms. The van der Waals surface area contributed by atoms with E-state index in [0.717, 1.165) is 29.4 Å². The quantitative estimate of drug-likeness (QED) is 0.850. The van der Waals surface area contributed by atoms with Gasteiger partial charge in [-0.2, -0.15) is 11.3 Å². The Morgan fingerprint density at radius 2 is 2.00 bits per heavy atom. The summed E-state index contributed by atoms with van der Waals surface area (Å²) >= 11 is 3.44. The molecule has 0 aromatic carbocycles. The second-order valence-electron chi connectivity index (χ2n) is 5.75. The van der Waals surface area contributed by atoms with Crippen molar-refractivity contribution in [3.05, 3.63) is 21.3 Å². The molecule has 0 saturated carbocycles. The number of aryl methyl sites for hydroxylation is 2. The molecule has 104 valence electrons. The summed E-state index contributed by atoms with van der Waals surface area (Å²) in [7, 11) is 0. The Bertz CT molecular complexity index is 523. The van der Waals surface area contributed by atoms with E-state index in [1.165, 1.54) is 11.1 Å². The topological polar surface area (TPSA) is 37.8 Å². The van der Waals surface area contributed by atoms with Crippen LogP contribution in [0.15, 0.2) is 10.8 Å². The number of hydrogen-bond donors (Lipinski definition) is 1. The van der Waals surface area contributed by atoms with Crippen LogP contribution in [0.4, 0.5) is 0 Å². The Morgan fingerprint density at radius 3 is 2.63 bits per heavy atom. The van der Waals surface area contributed by atoms with E-state index < -0.39 is 0 Å². The lowest BCUT2D eigenvalue weighted by molar-refractivity contribution is 0.422. The van der Waals surface area contributed by atoms with Crippen LogP contribution in [-0.2, 0) is 6.42 Å². The number of thiophene rings is 1. The first-order valence-electron chi connectivity index (χ1n) is 6.56. The van der Waals surface area contributed by atoms with Crippen LogP contribution in [0, 0.1) is 6.92 Å². The molecule has 0 atom stereocenters. The van der Waals surface area contributed by atoms with Crippen molar-refractivity contribution < 1.29 is 0 Å². The van der Waals surface area contributed by atoms with E-state index in [1.807, 2.05) is 0 Å². The zero-order valence-electron chi connectivity index (χ0n) is 12.0. The van der Waals surface area contributed by atoms with E-state index >= 15 is 0 Å². The summed E-state index contributed by atoms with van der Waals surface area (Å²) in [4.78, 5) is 0. The number of hydrogen-bond acceptors (Lipinski definition) is 5. The standard InChI is InChI=1S/C14H21N3S2/c1-10-8-18-9-11(10)13-17-16-12(19-13)6-5-7-15-14(2,3)4/h8-9,15H,5-7H2,1-4H3. The molecule has 0 bridgehead atoms. The first kappa shape index (κ1) is 14.6. The molecule has 0 fully saturated rings. The molecule has 0 aliphatic rings. The maximum atomic E-state index is 4.30. The van der Waals surface area contributed by atoms with Crippen LogP contribution in [0.2, 0.25) is 0 Å². The van der Waals surface area contributed by atoms with Crippen LogP contribution in [0.5, 0.6) is 0 Å². The lowest BCUT2D eigenvalue weighted by Gasteiger charge is -2.20. The smallest absolute Gasteiger partial charge is 0.148 e. The van der Waals surface area contributed by atoms with Gasteiger partial charge in [-0.1, -0.05) is 11.3 Å². The summed E-state index contributed by atoms with van der Waals surface area (Å²) in [5.74, 6) is 0. The molecule has 0 amide bonds. The summed E-state index contributed by atoms with van der Waals surface area (Å²) < 4.78 is 0. The fourth-order valence-electron chi connectivity index (χ4n) is 1.75. The van der Waals surface area contributed by atoms with Gasteiger partial charge in [-0.05, 0) is 51.6 Å². The van der Waals surface area contributed by atoms with Crippen LogP contribution >= 0.6 is 22.7 Å². The van der Waals surface area contributed by atoms with Crippen molar-refractivity contribution >= 4 is 22.7 Å². The largest absolute Gasteiger partial charge is 0.312 e. The molecule has 0 unspecified atom stereocenters. The number of nitrogens with one attached hydrogen (secondary N) is 1. The molecular formula is C14H21N3S2. The molecule has 2 rings (SSSR count). The first-order valence-corrected chi connectivity index (χ1v) is 8.32. The van der Waals surface area contributed by atoms with Crippen molar-refractivity contribution in [1.82, 2.24) is 15.5 Å². The van der Waals surface area contributed by atoms with E-state index in [-0.39, 0.29) is 5.54 Å². The predicted octanol–water partition coefficient (Wildman–Crippen LogP) is 3.90. The zero-order valence-corrected chi connectivity index (χ0v) is 13.6. The molecule has 2 aromatic rings. The molecule has 2 aromatic heterocycles. The monoisotopic (exact) mass is 295 g/mol. The Hall–Kier alpha value is -0.780. The molecule has 2 heterocycles. The number of rotatable bonds is 5. The Morgan fingerprint density at radius 1 is 1.21 bits per heavy atom. The summed E-state index contributed by atoms with van der Waals surface area (Å²) in [5, 5.41) is 18.6. The van der Waals surface area contributed by atoms with Gasteiger partial charge < -0.3 is 5.32 Å². The summed E-state index contributed by atoms with van der Waals surface area (Å²) in [6, 6.07) is 0. The van der Waals surface area contributed by atoms with Crippen molar-refractivity contribution in [2.75, 3.05) is 6.54 Å². The van der Waals surface area contributed by atoms with Gasteiger partial charge in [-0.25, -0.2) is 0 Å². The molecule has 0 radical (unpaired) electrons. The maximum Gasteiger partial charge on any atom is 0.148 e. The van der Waals surface area contributed by atoms with Crippen molar-refractivity contribution in [1.29, 1.82) is 0 Å². The van der Waals surface area contributed by atoms with E-state index in [2.05, 4.69) is 54.0 Å². The van der Waals surface area contributed by atoms with Gasteiger partial charge in [0, 0.05) is 22.9 Å². The number of nitrogens with zero attached hydrogens (tertiary/aromatic N) is 2. The van der Waals surface area contributed by atoms with Crippen LogP contribution in [0.3, 0.4) is 0 Å². The minimum absolute atomic E-state index is 0.195. The molecule has 1 N–H and O–H groups in total. The average molecular weight is 295 g/mol. The van der Waals surface area contributed by atoms with Gasteiger partial charge in [-0.15, -0.1) is 10.2 Å². The van der Waals surface area contributed by atoms with E-state index in [4.69, 9.17) is 0 Å². The Balaban J connectivity index is 1.87. The minimum atomic E-state index is 0.195. The van der Waals surface area contributed by atoms with Crippen LogP contribution in [-0.4, -0.2) is 22.3 Å². The lowest BCUT2D eigenvalue weighted by atomic mass is 10.1. The highest BCUT2D eigenvalue weighted by molar-refractivity contribution is 7.15. The third-order valence-electron chi connectivity index (χ3n) is 2.78. The van der Waals surface area contributed by atoms with Crippen LogP contribution < -0.4 is 5.32 Å². The van der Waals surface area contributed by atoms with Gasteiger partial charge in [0.15, 0.2) is 0 Å². The van der Waals surface area contributed by atoms with Crippen molar-refractivity contribution in [2.24, 2.45) is 0 Å². The SMILES string of the molecule is Cc1cscc1-c1nnc(CCCNC(C)(C)C)s1. The first-order chi connectivity index (χ1) is 8.96. The molecule has 0 aliphatic heterocycles. The summed E-state index contributed by atoms with van der Waals surface area (Å²) in [6.45, 7) is 9.72. The number of aromatic nitrogens is 2. The molecule has 19 heavy (non-hydrogen) atoms. The highest BCUT2D eigenvalue weighted by atomic mass is 32.1. The fraction of sp³-hybridized carbons (Fsp3) is 0.571. The van der Waals surface area contributed by atoms with Gasteiger partial charge in [0.2, 0.25) is 0 Å². The highest BCUT2D eigenvalue weighted by Crippen LogP contribution is 2.29. The molecular weight excluding hydrogens is 274 g/mol. The maximum absolute atomic E-state index is 4.30. The Labute approximate surface area is 123 Å². The third-order valence-corrected chi connectivity index (χ3v) is 4.65. The molecule has 0 saturated heterocycles. The zero-order chi connectivity index (χ0) is 13.9. The van der Waals surface area contributed by atoms with Crippen LogP contribution in [0.25, 0.3) is 10.6 Å². The van der Waals surface area contributed by atoms with Gasteiger partial charge >= 0.3 is 0 Å². The van der Waals surface area contributed by atoms with Gasteiger partial charge in [0.1, 0.15) is 10.0 Å². The van der Waals surface area contributed by atoms with Gasteiger partial charge in [0.05, 0.1) is 0 Å². The average Bonchev–Trinajstić information content (AvgIpc) is 2.91. The summed E-state index contributed by atoms with van der Waals surface area (Å²) in [5.41, 5.74) is 2.73. The molecule has 0 aliphatic carbocycles. The highest BCUT2D eigenvalue weighted by Gasteiger charge is 2.11. The van der Waals surface area contributed by atoms with Crippen molar-refractivity contribution in [3.8, 4) is 10.6 Å². The molecule has 5 heteroatoms. The van der Waals surface area contributed by atoms with E-state index in [1.54, 1.807) is 22.7 Å². The predicted molar refractivity (Wildman–Crippen MR) is 84.0 cm³/mol. The van der Waals surface area contributed by atoms with Crippen LogP contribution in [0.1, 0.15) is 37.8 Å². The van der Waals surface area contributed by atoms with Crippen molar-refractivity contribution in [2.45, 2.75) is 46.1 Å². The van der Waals surface area contributed by atoms with Crippen molar-refractivity contribution in [3.63, 3.8) is 0 Å². The third kappa shape index (κ3) is 4.37. The second kappa shape index (κ2) is 6.11. The summed E-state index contributed by atoms with van der Waals surface area (Å²) in [6.07, 6.45) is 2.11. The minimum Gasteiger partial charge on any atom is -0.312 e. The van der Waals surface area contributed by atoms with E-state index in [0.29, 0.717) is 0 Å². The van der Waals surface area contributed by atoms with Gasteiger partial charge in [-0.3, -0.25) is 0 Å². The van der Waals surface area contributed by atoms with Gasteiger partial charge in [0.25, 0.3) is 0 Å². The lowest BCUT2D eigenvalue weighted by Crippen LogP contribution is -2.36. The molecule has 3 nitrogen and oxygen atoms in total. The normalized spacial score (nSPS) is 12.0. The fourth-order valence-corrected chi connectivity index (χ4v) is 3.62. The Kier molecular flexibility index (Phi) is 4.71.